The fraction of sp³-hybridized carbons (Fsp3) is 0.353. The number of anilines is 1. The number of methoxy groups -OCH3 is 2. The molecule has 0 saturated heterocycles. The molecule has 0 radical (unpaired) electrons. The fourth-order valence-corrected chi connectivity index (χ4v) is 2.93. The highest BCUT2D eigenvalue weighted by Gasteiger charge is 2.23. The van der Waals surface area contributed by atoms with E-state index in [0.717, 1.165) is 35.6 Å². The lowest BCUT2D eigenvalue weighted by Crippen LogP contribution is -2.37. The molecule has 0 fully saturated rings. The monoisotopic (exact) mass is 328 g/mol. The summed E-state index contributed by atoms with van der Waals surface area (Å²) in [6.07, 6.45) is 2.38. The molecule has 1 N–H and O–H groups in total. The van der Waals surface area contributed by atoms with E-state index >= 15 is 0 Å². The summed E-state index contributed by atoms with van der Waals surface area (Å²) < 4.78 is 10.8. The van der Waals surface area contributed by atoms with Crippen molar-refractivity contribution in [3.63, 3.8) is 0 Å². The molecule has 1 aromatic heterocycles. The summed E-state index contributed by atoms with van der Waals surface area (Å²) in [6.45, 7) is 1.79. The van der Waals surface area contributed by atoms with Crippen molar-refractivity contribution in [3.05, 3.63) is 41.6 Å². The lowest BCUT2D eigenvalue weighted by Gasteiger charge is -2.29. The molecule has 0 atom stereocenters. The van der Waals surface area contributed by atoms with Crippen LogP contribution in [0.5, 0.6) is 11.5 Å². The first kappa shape index (κ1) is 16.2. The second-order valence-corrected chi connectivity index (χ2v) is 5.56. The molecule has 7 nitrogen and oxygen atoms in total. The van der Waals surface area contributed by atoms with E-state index in [0.29, 0.717) is 18.9 Å². The molecule has 0 bridgehead atoms. The molecule has 1 aliphatic heterocycles. The standard InChI is InChI=1S/C17H20N4O3/c1-23-14-6-5-12-10-21(9-7-13(12)17(14)24-2)11-16(22)19-15-4-3-8-18-20-15/h3-6,8H,7,9-11H2,1-2H3,(H,19,20,22). The van der Waals surface area contributed by atoms with Crippen LogP contribution >= 0.6 is 0 Å². The van der Waals surface area contributed by atoms with Crippen molar-refractivity contribution in [2.45, 2.75) is 13.0 Å². The van der Waals surface area contributed by atoms with Gasteiger partial charge < -0.3 is 14.8 Å². The molecule has 0 saturated carbocycles. The zero-order chi connectivity index (χ0) is 16.9. The van der Waals surface area contributed by atoms with Crippen molar-refractivity contribution in [2.75, 3.05) is 32.6 Å². The second kappa shape index (κ2) is 7.27. The Balaban J connectivity index is 1.66. The number of ether oxygens (including phenoxy) is 2. The third kappa shape index (κ3) is 3.46. The van der Waals surface area contributed by atoms with E-state index < -0.39 is 0 Å². The van der Waals surface area contributed by atoms with Crippen LogP contribution < -0.4 is 14.8 Å². The maximum atomic E-state index is 12.2. The van der Waals surface area contributed by atoms with Crippen LogP contribution in [-0.2, 0) is 17.8 Å². The van der Waals surface area contributed by atoms with Gasteiger partial charge in [0.15, 0.2) is 17.3 Å². The number of hydrogen-bond donors (Lipinski definition) is 1. The van der Waals surface area contributed by atoms with Crippen LogP contribution in [0.25, 0.3) is 0 Å². The molecule has 7 heteroatoms. The third-order valence-electron chi connectivity index (χ3n) is 4.02. The van der Waals surface area contributed by atoms with Crippen LogP contribution in [0.4, 0.5) is 5.82 Å². The van der Waals surface area contributed by atoms with Crippen LogP contribution in [0.3, 0.4) is 0 Å². The molecule has 2 aromatic rings. The Bertz CT molecular complexity index is 721. The topological polar surface area (TPSA) is 76.6 Å². The normalized spacial score (nSPS) is 13.9. The Kier molecular flexibility index (Phi) is 4.90. The first-order valence-electron chi connectivity index (χ1n) is 7.74. The summed E-state index contributed by atoms with van der Waals surface area (Å²) in [4.78, 5) is 14.2. The lowest BCUT2D eigenvalue weighted by molar-refractivity contribution is -0.117. The zero-order valence-corrected chi connectivity index (χ0v) is 13.8. The van der Waals surface area contributed by atoms with Crippen molar-refractivity contribution in [1.82, 2.24) is 15.1 Å². The van der Waals surface area contributed by atoms with Crippen molar-refractivity contribution in [2.24, 2.45) is 0 Å². The molecular formula is C17H20N4O3. The fourth-order valence-electron chi connectivity index (χ4n) is 2.93. The minimum Gasteiger partial charge on any atom is -0.493 e. The number of rotatable bonds is 5. The smallest absolute Gasteiger partial charge is 0.239 e. The summed E-state index contributed by atoms with van der Waals surface area (Å²) in [5.74, 6) is 1.90. The van der Waals surface area contributed by atoms with Gasteiger partial charge in [-0.1, -0.05) is 6.07 Å². The highest BCUT2D eigenvalue weighted by molar-refractivity contribution is 5.91. The molecule has 2 heterocycles. The van der Waals surface area contributed by atoms with Crippen molar-refractivity contribution >= 4 is 11.7 Å². The predicted octanol–water partition coefficient (Wildman–Crippen LogP) is 1.49. The highest BCUT2D eigenvalue weighted by atomic mass is 16.5. The van der Waals surface area contributed by atoms with Crippen LogP contribution in [0.1, 0.15) is 11.1 Å². The average Bonchev–Trinajstić information content (AvgIpc) is 2.61. The number of carbonyl (C=O) groups is 1. The number of benzene rings is 1. The van der Waals surface area contributed by atoms with Gasteiger partial charge in [-0.05, 0) is 30.2 Å². The Morgan fingerprint density at radius 3 is 2.88 bits per heavy atom. The molecule has 24 heavy (non-hydrogen) atoms. The lowest BCUT2D eigenvalue weighted by atomic mass is 9.98. The van der Waals surface area contributed by atoms with Gasteiger partial charge >= 0.3 is 0 Å². The van der Waals surface area contributed by atoms with Gasteiger partial charge in [0.25, 0.3) is 0 Å². The van der Waals surface area contributed by atoms with E-state index in [4.69, 9.17) is 9.47 Å². The number of nitrogens with one attached hydrogen (secondary N) is 1. The van der Waals surface area contributed by atoms with Crippen LogP contribution in [0, 0.1) is 0 Å². The van der Waals surface area contributed by atoms with E-state index in [1.165, 1.54) is 0 Å². The van der Waals surface area contributed by atoms with Gasteiger partial charge in [-0.15, -0.1) is 5.10 Å². The first-order valence-corrected chi connectivity index (χ1v) is 7.74. The maximum Gasteiger partial charge on any atom is 0.239 e. The van der Waals surface area contributed by atoms with Crippen molar-refractivity contribution in [3.8, 4) is 11.5 Å². The van der Waals surface area contributed by atoms with Gasteiger partial charge in [0.2, 0.25) is 5.91 Å². The number of amides is 1. The summed E-state index contributed by atoms with van der Waals surface area (Å²) in [6, 6.07) is 7.39. The van der Waals surface area contributed by atoms with Gasteiger partial charge in [-0.2, -0.15) is 5.10 Å². The molecule has 0 aliphatic carbocycles. The molecule has 1 amide bonds. The average molecular weight is 328 g/mol. The van der Waals surface area contributed by atoms with Crippen molar-refractivity contribution < 1.29 is 14.3 Å². The van der Waals surface area contributed by atoms with Crippen molar-refractivity contribution in [1.29, 1.82) is 0 Å². The Morgan fingerprint density at radius 2 is 2.17 bits per heavy atom. The van der Waals surface area contributed by atoms with Crippen LogP contribution in [-0.4, -0.2) is 48.3 Å². The quantitative estimate of drug-likeness (QED) is 0.896. The van der Waals surface area contributed by atoms with Crippen LogP contribution in [0.15, 0.2) is 30.5 Å². The molecule has 0 unspecified atom stereocenters. The first-order chi connectivity index (χ1) is 11.7. The Morgan fingerprint density at radius 1 is 1.29 bits per heavy atom. The van der Waals surface area contributed by atoms with E-state index in [-0.39, 0.29) is 5.91 Å². The van der Waals surface area contributed by atoms with Gasteiger partial charge in [-0.25, -0.2) is 0 Å². The molecule has 3 rings (SSSR count). The molecule has 126 valence electrons. The zero-order valence-electron chi connectivity index (χ0n) is 13.8. The van der Waals surface area contributed by atoms with Gasteiger partial charge in [-0.3, -0.25) is 9.69 Å². The third-order valence-corrected chi connectivity index (χ3v) is 4.02. The number of aromatic nitrogens is 2. The van der Waals surface area contributed by atoms with Gasteiger partial charge in [0, 0.05) is 24.8 Å². The number of nitrogens with zero attached hydrogens (tertiary/aromatic N) is 3. The largest absolute Gasteiger partial charge is 0.493 e. The SMILES string of the molecule is COc1ccc2c(c1OC)CCN(CC(=O)Nc1cccnn1)C2. The van der Waals surface area contributed by atoms with E-state index in [2.05, 4.69) is 20.4 Å². The summed E-state index contributed by atoms with van der Waals surface area (Å²) in [5.41, 5.74) is 2.31. The molecule has 0 spiro atoms. The molecular weight excluding hydrogens is 308 g/mol. The Hall–Kier alpha value is -2.67. The maximum absolute atomic E-state index is 12.2. The molecule has 1 aliphatic rings. The van der Waals surface area contributed by atoms with E-state index in [9.17, 15) is 4.79 Å². The van der Waals surface area contributed by atoms with Gasteiger partial charge in [0.1, 0.15) is 0 Å². The summed E-state index contributed by atoms with van der Waals surface area (Å²) in [7, 11) is 3.29. The minimum atomic E-state index is -0.0978. The number of carbonyl (C=O) groups excluding carboxylic acids is 1. The number of hydrogen-bond acceptors (Lipinski definition) is 6. The highest BCUT2D eigenvalue weighted by Crippen LogP contribution is 2.36. The summed E-state index contributed by atoms with van der Waals surface area (Å²) >= 11 is 0. The van der Waals surface area contributed by atoms with E-state index in [1.54, 1.807) is 32.5 Å². The number of fused-ring (bicyclic) bond motifs is 1. The van der Waals surface area contributed by atoms with E-state index in [1.807, 2.05) is 12.1 Å². The minimum absolute atomic E-state index is 0.0978. The predicted molar refractivity (Wildman–Crippen MR) is 89.2 cm³/mol. The Labute approximate surface area is 140 Å². The van der Waals surface area contributed by atoms with Gasteiger partial charge in [0.05, 0.1) is 20.8 Å². The summed E-state index contributed by atoms with van der Waals surface area (Å²) in [5, 5.41) is 10.4. The van der Waals surface area contributed by atoms with Crippen LogP contribution in [0.2, 0.25) is 0 Å². The second-order valence-electron chi connectivity index (χ2n) is 5.56. The molecule has 1 aromatic carbocycles.